The van der Waals surface area contributed by atoms with E-state index in [9.17, 15) is 4.79 Å². The maximum absolute atomic E-state index is 12.1. The van der Waals surface area contributed by atoms with Crippen LogP contribution in [0.2, 0.25) is 0 Å². The van der Waals surface area contributed by atoms with E-state index in [1.54, 1.807) is 0 Å². The van der Waals surface area contributed by atoms with Gasteiger partial charge in [-0.15, -0.1) is 11.3 Å². The highest BCUT2D eigenvalue weighted by Gasteiger charge is 2.13. The summed E-state index contributed by atoms with van der Waals surface area (Å²) >= 11 is 1.48. The second kappa shape index (κ2) is 5.65. The Bertz CT molecular complexity index is 791. The number of nitrogens with zero attached hydrogens (tertiary/aromatic N) is 2. The van der Waals surface area contributed by atoms with Gasteiger partial charge in [0.15, 0.2) is 0 Å². The first-order chi connectivity index (χ1) is 10.2. The van der Waals surface area contributed by atoms with Crippen LogP contribution in [0, 0.1) is 6.92 Å². The van der Waals surface area contributed by atoms with Crippen LogP contribution in [0.5, 0.6) is 0 Å². The number of H-pyrrole nitrogens is 1. The van der Waals surface area contributed by atoms with Gasteiger partial charge in [0.05, 0.1) is 0 Å². The van der Waals surface area contributed by atoms with Crippen LogP contribution in [0.15, 0.2) is 24.3 Å². The number of aromatic amines is 1. The van der Waals surface area contributed by atoms with Gasteiger partial charge in [0.2, 0.25) is 0 Å². The number of hydrogen-bond acceptors (Lipinski definition) is 5. The molecule has 0 saturated carbocycles. The second-order valence-corrected chi connectivity index (χ2v) is 6.02. The lowest BCUT2D eigenvalue weighted by Gasteiger charge is -2.03. The molecule has 3 aromatic rings. The van der Waals surface area contributed by atoms with E-state index in [1.807, 2.05) is 31.2 Å². The number of benzene rings is 1. The van der Waals surface area contributed by atoms with E-state index >= 15 is 0 Å². The highest BCUT2D eigenvalue weighted by atomic mass is 32.1. The maximum atomic E-state index is 12.1. The zero-order chi connectivity index (χ0) is 14.8. The summed E-state index contributed by atoms with van der Waals surface area (Å²) in [5, 5.41) is 10.6. The van der Waals surface area contributed by atoms with Crippen LogP contribution in [0.4, 0.5) is 0 Å². The zero-order valence-electron chi connectivity index (χ0n) is 11.8. The summed E-state index contributed by atoms with van der Waals surface area (Å²) in [5.41, 5.74) is 3.67. The molecule has 2 aromatic heterocycles. The average Bonchev–Trinajstić information content (AvgIpc) is 3.10. The van der Waals surface area contributed by atoms with E-state index in [1.165, 1.54) is 21.8 Å². The van der Waals surface area contributed by atoms with Gasteiger partial charge in [-0.25, -0.2) is 4.79 Å². The number of hydrogen-bond donors (Lipinski definition) is 1. The van der Waals surface area contributed by atoms with Gasteiger partial charge in [0.1, 0.15) is 22.5 Å². The van der Waals surface area contributed by atoms with Crippen LogP contribution in [-0.2, 0) is 17.8 Å². The molecule has 0 atom stereocenters. The van der Waals surface area contributed by atoms with Gasteiger partial charge in [-0.05, 0) is 42.7 Å². The van der Waals surface area contributed by atoms with Crippen molar-refractivity contribution in [3.63, 3.8) is 0 Å². The molecule has 0 fully saturated rings. The molecule has 1 N–H and O–H groups in total. The Balaban J connectivity index is 1.69. The number of rotatable bonds is 4. The van der Waals surface area contributed by atoms with E-state index < -0.39 is 0 Å². The van der Waals surface area contributed by atoms with E-state index in [0.29, 0.717) is 4.88 Å². The van der Waals surface area contributed by atoms with Gasteiger partial charge in [-0.1, -0.05) is 13.0 Å². The largest absolute Gasteiger partial charge is 0.457 e. The Kier molecular flexibility index (Phi) is 3.70. The van der Waals surface area contributed by atoms with E-state index in [4.69, 9.17) is 4.74 Å². The van der Waals surface area contributed by atoms with Crippen molar-refractivity contribution in [2.24, 2.45) is 0 Å². The molecule has 2 heterocycles. The van der Waals surface area contributed by atoms with Crippen LogP contribution in [-0.4, -0.2) is 21.4 Å². The standard InChI is InChI=1S/C15H15N3O2S/c1-3-11-7-14(21-9(11)2)15(19)20-8-10-4-5-12-13(6-10)17-18-16-12/h4-7H,3,8H2,1-2H3,(H,16,17,18). The smallest absolute Gasteiger partial charge is 0.348 e. The molecule has 0 radical (unpaired) electrons. The summed E-state index contributed by atoms with van der Waals surface area (Å²) in [5.74, 6) is -0.275. The third kappa shape index (κ3) is 2.80. The van der Waals surface area contributed by atoms with Crippen molar-refractivity contribution in [2.75, 3.05) is 0 Å². The molecule has 0 amide bonds. The summed E-state index contributed by atoms with van der Waals surface area (Å²) in [7, 11) is 0. The molecule has 0 unspecified atom stereocenters. The quantitative estimate of drug-likeness (QED) is 0.751. The number of carbonyl (C=O) groups excluding carboxylic acids is 1. The SMILES string of the molecule is CCc1cc(C(=O)OCc2ccc3n[nH]nc3c2)sc1C. The van der Waals surface area contributed by atoms with Crippen molar-refractivity contribution >= 4 is 28.3 Å². The maximum Gasteiger partial charge on any atom is 0.348 e. The number of fused-ring (bicyclic) bond motifs is 1. The van der Waals surface area contributed by atoms with E-state index in [2.05, 4.69) is 22.3 Å². The normalized spacial score (nSPS) is 11.0. The first kappa shape index (κ1) is 13.8. The topological polar surface area (TPSA) is 67.9 Å². The van der Waals surface area contributed by atoms with Gasteiger partial charge in [-0.2, -0.15) is 15.4 Å². The Morgan fingerprint density at radius 2 is 2.10 bits per heavy atom. The summed E-state index contributed by atoms with van der Waals surface area (Å²) < 4.78 is 5.37. The molecule has 0 aliphatic carbocycles. The molecule has 0 bridgehead atoms. The predicted molar refractivity (Wildman–Crippen MR) is 81.4 cm³/mol. The molecule has 0 spiro atoms. The first-order valence-electron chi connectivity index (χ1n) is 6.73. The van der Waals surface area contributed by atoms with Gasteiger partial charge in [0.25, 0.3) is 0 Å². The summed E-state index contributed by atoms with van der Waals surface area (Å²) in [4.78, 5) is 13.9. The summed E-state index contributed by atoms with van der Waals surface area (Å²) in [6.45, 7) is 4.34. The van der Waals surface area contributed by atoms with E-state index in [-0.39, 0.29) is 12.6 Å². The van der Waals surface area contributed by atoms with Gasteiger partial charge < -0.3 is 4.74 Å². The number of nitrogens with one attached hydrogen (secondary N) is 1. The highest BCUT2D eigenvalue weighted by molar-refractivity contribution is 7.14. The molecule has 0 saturated heterocycles. The fraction of sp³-hybridized carbons (Fsp3) is 0.267. The van der Waals surface area contributed by atoms with E-state index in [0.717, 1.165) is 23.0 Å². The minimum Gasteiger partial charge on any atom is -0.457 e. The van der Waals surface area contributed by atoms with Crippen molar-refractivity contribution in [1.29, 1.82) is 0 Å². The fourth-order valence-electron chi connectivity index (χ4n) is 2.17. The molecule has 5 nitrogen and oxygen atoms in total. The molecule has 108 valence electrons. The van der Waals surface area contributed by atoms with Crippen molar-refractivity contribution in [3.8, 4) is 0 Å². The molecular weight excluding hydrogens is 286 g/mol. The predicted octanol–water partition coefficient (Wildman–Crippen LogP) is 3.25. The number of aryl methyl sites for hydroxylation is 2. The van der Waals surface area contributed by atoms with Gasteiger partial charge >= 0.3 is 5.97 Å². The van der Waals surface area contributed by atoms with Crippen molar-refractivity contribution in [2.45, 2.75) is 26.9 Å². The van der Waals surface area contributed by atoms with Crippen LogP contribution < -0.4 is 0 Å². The molecule has 3 rings (SSSR count). The van der Waals surface area contributed by atoms with Crippen molar-refractivity contribution < 1.29 is 9.53 Å². The van der Waals surface area contributed by atoms with Gasteiger partial charge in [-0.3, -0.25) is 0 Å². The Labute approximate surface area is 125 Å². The second-order valence-electron chi connectivity index (χ2n) is 4.77. The number of thiophene rings is 1. The third-order valence-corrected chi connectivity index (χ3v) is 4.43. The average molecular weight is 301 g/mol. The van der Waals surface area contributed by atoms with Crippen LogP contribution in [0.3, 0.4) is 0 Å². The van der Waals surface area contributed by atoms with Crippen molar-refractivity contribution in [3.05, 3.63) is 45.1 Å². The van der Waals surface area contributed by atoms with Crippen molar-refractivity contribution in [1.82, 2.24) is 15.4 Å². The number of ether oxygens (including phenoxy) is 1. The number of esters is 1. The number of aromatic nitrogens is 3. The molecule has 1 aromatic carbocycles. The van der Waals surface area contributed by atoms with Crippen LogP contribution in [0.1, 0.15) is 32.6 Å². The minimum absolute atomic E-state index is 0.236. The Morgan fingerprint density at radius 1 is 1.29 bits per heavy atom. The molecule has 6 heteroatoms. The van der Waals surface area contributed by atoms with Crippen LogP contribution in [0.25, 0.3) is 11.0 Å². The Hall–Kier alpha value is -2.21. The number of carbonyl (C=O) groups is 1. The fourth-order valence-corrected chi connectivity index (χ4v) is 3.17. The molecule has 21 heavy (non-hydrogen) atoms. The Morgan fingerprint density at radius 3 is 2.86 bits per heavy atom. The lowest BCUT2D eigenvalue weighted by Crippen LogP contribution is -2.03. The molecule has 0 aliphatic rings. The molecule has 0 aliphatic heterocycles. The monoisotopic (exact) mass is 301 g/mol. The molecular formula is C15H15N3O2S. The third-order valence-electron chi connectivity index (χ3n) is 3.35. The lowest BCUT2D eigenvalue weighted by atomic mass is 10.2. The minimum atomic E-state index is -0.275. The lowest BCUT2D eigenvalue weighted by molar-refractivity contribution is 0.0478. The van der Waals surface area contributed by atoms with Crippen LogP contribution >= 0.6 is 11.3 Å². The first-order valence-corrected chi connectivity index (χ1v) is 7.55. The summed E-state index contributed by atoms with van der Waals surface area (Å²) in [6.07, 6.45) is 0.929. The summed E-state index contributed by atoms with van der Waals surface area (Å²) in [6, 6.07) is 7.52. The highest BCUT2D eigenvalue weighted by Crippen LogP contribution is 2.23. The van der Waals surface area contributed by atoms with Gasteiger partial charge in [0, 0.05) is 4.88 Å². The zero-order valence-corrected chi connectivity index (χ0v) is 12.7.